The van der Waals surface area contributed by atoms with Crippen molar-refractivity contribution < 1.29 is 9.47 Å². The maximum atomic E-state index is 6.21. The highest BCUT2D eigenvalue weighted by Crippen LogP contribution is 2.49. The van der Waals surface area contributed by atoms with Gasteiger partial charge >= 0.3 is 0 Å². The maximum Gasteiger partial charge on any atom is 0.0729 e. The van der Waals surface area contributed by atoms with Crippen LogP contribution in [0.1, 0.15) is 64.7 Å². The minimum atomic E-state index is 0.0732. The quantitative estimate of drug-likeness (QED) is 0.619. The second kappa shape index (κ2) is 6.53. The molecule has 0 radical (unpaired) electrons. The summed E-state index contributed by atoms with van der Waals surface area (Å²) in [5.74, 6) is 6.70. The Balaban J connectivity index is 1.74. The van der Waals surface area contributed by atoms with Crippen LogP contribution in [0, 0.1) is 11.3 Å². The molecular formula is C17H32N2O2. The molecule has 0 aromatic carbocycles. The lowest BCUT2D eigenvalue weighted by Gasteiger charge is -2.49. The molecule has 1 aliphatic carbocycles. The van der Waals surface area contributed by atoms with Crippen molar-refractivity contribution in [3.8, 4) is 0 Å². The summed E-state index contributed by atoms with van der Waals surface area (Å²) in [5, 5.41) is 0. The van der Waals surface area contributed by atoms with E-state index in [2.05, 4.69) is 12.3 Å². The van der Waals surface area contributed by atoms with Gasteiger partial charge in [0.2, 0.25) is 0 Å². The standard InChI is InChI=1S/C17H32N2O2/c1-2-16(6-3-4-7-16)15(19-18)14-5-10-21-17(13-14)8-11-20-12-9-17/h14-15,19H,2-13,18H2,1H3. The molecule has 2 unspecified atom stereocenters. The second-order valence-corrected chi connectivity index (χ2v) is 7.46. The Bertz CT molecular complexity index is 330. The van der Waals surface area contributed by atoms with Gasteiger partial charge in [-0.2, -0.15) is 0 Å². The Morgan fingerprint density at radius 2 is 1.86 bits per heavy atom. The molecule has 3 N–H and O–H groups in total. The van der Waals surface area contributed by atoms with E-state index in [9.17, 15) is 0 Å². The fourth-order valence-corrected chi connectivity index (χ4v) is 5.22. The van der Waals surface area contributed by atoms with E-state index < -0.39 is 0 Å². The molecule has 0 bridgehead atoms. The summed E-state index contributed by atoms with van der Waals surface area (Å²) >= 11 is 0. The molecule has 122 valence electrons. The van der Waals surface area contributed by atoms with E-state index in [4.69, 9.17) is 15.3 Å². The summed E-state index contributed by atoms with van der Waals surface area (Å²) in [7, 11) is 0. The topological polar surface area (TPSA) is 56.5 Å². The molecule has 2 heterocycles. The molecule has 2 saturated heterocycles. The Morgan fingerprint density at radius 3 is 2.48 bits per heavy atom. The average molecular weight is 296 g/mol. The third-order valence-electron chi connectivity index (χ3n) is 6.55. The summed E-state index contributed by atoms with van der Waals surface area (Å²) in [4.78, 5) is 0. The van der Waals surface area contributed by atoms with Gasteiger partial charge < -0.3 is 9.47 Å². The lowest BCUT2D eigenvalue weighted by Crippen LogP contribution is -2.56. The van der Waals surface area contributed by atoms with Gasteiger partial charge in [0.15, 0.2) is 0 Å². The van der Waals surface area contributed by atoms with Gasteiger partial charge in [0.25, 0.3) is 0 Å². The first-order chi connectivity index (χ1) is 10.2. The van der Waals surface area contributed by atoms with Crippen molar-refractivity contribution in [1.29, 1.82) is 0 Å². The molecule has 21 heavy (non-hydrogen) atoms. The molecule has 4 nitrogen and oxygen atoms in total. The van der Waals surface area contributed by atoms with E-state index in [0.717, 1.165) is 45.5 Å². The number of ether oxygens (including phenoxy) is 2. The van der Waals surface area contributed by atoms with Gasteiger partial charge in [-0.05, 0) is 56.3 Å². The molecule has 1 spiro atoms. The first-order valence-electron chi connectivity index (χ1n) is 8.91. The van der Waals surface area contributed by atoms with E-state index in [1.54, 1.807) is 0 Å². The molecule has 3 aliphatic rings. The van der Waals surface area contributed by atoms with Crippen LogP contribution in [0.5, 0.6) is 0 Å². The number of hydrazine groups is 1. The molecule has 0 aromatic heterocycles. The van der Waals surface area contributed by atoms with Crippen LogP contribution in [0.3, 0.4) is 0 Å². The van der Waals surface area contributed by atoms with Gasteiger partial charge in [0.1, 0.15) is 0 Å². The van der Waals surface area contributed by atoms with E-state index >= 15 is 0 Å². The van der Waals surface area contributed by atoms with Crippen LogP contribution in [0.2, 0.25) is 0 Å². The van der Waals surface area contributed by atoms with Crippen molar-refractivity contribution in [3.63, 3.8) is 0 Å². The van der Waals surface area contributed by atoms with Crippen LogP contribution in [-0.2, 0) is 9.47 Å². The molecule has 0 aromatic rings. The van der Waals surface area contributed by atoms with Gasteiger partial charge in [-0.1, -0.05) is 19.8 Å². The lowest BCUT2D eigenvalue weighted by molar-refractivity contribution is -0.154. The molecule has 0 amide bonds. The van der Waals surface area contributed by atoms with Gasteiger partial charge in [0, 0.05) is 25.9 Å². The minimum Gasteiger partial charge on any atom is -0.381 e. The van der Waals surface area contributed by atoms with Gasteiger partial charge in [-0.3, -0.25) is 11.3 Å². The predicted octanol–water partition coefficient (Wildman–Crippen LogP) is 2.76. The van der Waals surface area contributed by atoms with Crippen molar-refractivity contribution in [2.75, 3.05) is 19.8 Å². The van der Waals surface area contributed by atoms with Crippen LogP contribution in [0.4, 0.5) is 0 Å². The lowest BCUT2D eigenvalue weighted by atomic mass is 9.66. The molecule has 2 aliphatic heterocycles. The van der Waals surface area contributed by atoms with Crippen molar-refractivity contribution in [1.82, 2.24) is 5.43 Å². The predicted molar refractivity (Wildman–Crippen MR) is 83.8 cm³/mol. The minimum absolute atomic E-state index is 0.0732. The Hall–Kier alpha value is -0.160. The SMILES string of the molecule is CCC1(C(NN)C2CCOC3(CCOCC3)C2)CCCC1. The number of nitrogens with one attached hydrogen (secondary N) is 1. The zero-order valence-corrected chi connectivity index (χ0v) is 13.5. The van der Waals surface area contributed by atoms with Gasteiger partial charge in [-0.25, -0.2) is 0 Å². The third kappa shape index (κ3) is 3.00. The second-order valence-electron chi connectivity index (χ2n) is 7.46. The highest BCUT2D eigenvalue weighted by Gasteiger charge is 2.47. The van der Waals surface area contributed by atoms with Crippen molar-refractivity contribution in [2.24, 2.45) is 17.2 Å². The smallest absolute Gasteiger partial charge is 0.0729 e. The summed E-state index contributed by atoms with van der Waals surface area (Å²) in [6, 6.07) is 0.452. The van der Waals surface area contributed by atoms with E-state index in [0.29, 0.717) is 17.4 Å². The van der Waals surface area contributed by atoms with Crippen LogP contribution in [0.15, 0.2) is 0 Å². The summed E-state index contributed by atoms with van der Waals surface area (Å²) in [6.45, 7) is 4.95. The number of hydrogen-bond acceptors (Lipinski definition) is 4. The van der Waals surface area contributed by atoms with Crippen LogP contribution in [-0.4, -0.2) is 31.5 Å². The number of hydrogen-bond donors (Lipinski definition) is 2. The average Bonchev–Trinajstić information content (AvgIpc) is 2.99. The fourth-order valence-electron chi connectivity index (χ4n) is 5.22. The van der Waals surface area contributed by atoms with Gasteiger partial charge in [-0.15, -0.1) is 0 Å². The van der Waals surface area contributed by atoms with Crippen molar-refractivity contribution in [3.05, 3.63) is 0 Å². The normalized spacial score (nSPS) is 33.1. The summed E-state index contributed by atoms with van der Waals surface area (Å²) < 4.78 is 11.8. The van der Waals surface area contributed by atoms with E-state index in [-0.39, 0.29) is 5.60 Å². The van der Waals surface area contributed by atoms with E-state index in [1.807, 2.05) is 0 Å². The largest absolute Gasteiger partial charge is 0.381 e. The van der Waals surface area contributed by atoms with E-state index in [1.165, 1.54) is 32.1 Å². The molecule has 4 heteroatoms. The summed E-state index contributed by atoms with van der Waals surface area (Å²) in [6.07, 6.45) is 11.1. The Kier molecular flexibility index (Phi) is 4.89. The first-order valence-corrected chi connectivity index (χ1v) is 8.91. The van der Waals surface area contributed by atoms with Gasteiger partial charge in [0.05, 0.1) is 5.60 Å². The highest BCUT2D eigenvalue weighted by atomic mass is 16.5. The zero-order valence-electron chi connectivity index (χ0n) is 13.5. The van der Waals surface area contributed by atoms with Crippen LogP contribution < -0.4 is 11.3 Å². The molecule has 1 saturated carbocycles. The number of rotatable bonds is 4. The zero-order chi connectivity index (χ0) is 14.8. The molecule has 3 fully saturated rings. The van der Waals surface area contributed by atoms with Crippen LogP contribution in [0.25, 0.3) is 0 Å². The third-order valence-corrected chi connectivity index (χ3v) is 6.55. The maximum absolute atomic E-state index is 6.21. The number of nitrogens with two attached hydrogens (primary N) is 1. The Morgan fingerprint density at radius 1 is 1.14 bits per heavy atom. The fraction of sp³-hybridized carbons (Fsp3) is 1.00. The monoisotopic (exact) mass is 296 g/mol. The first kappa shape index (κ1) is 15.7. The summed E-state index contributed by atoms with van der Waals surface area (Å²) in [5.41, 5.74) is 3.73. The molecule has 3 rings (SSSR count). The molecule has 2 atom stereocenters. The van der Waals surface area contributed by atoms with Crippen molar-refractivity contribution >= 4 is 0 Å². The highest BCUT2D eigenvalue weighted by molar-refractivity contribution is 5.00. The molecular weight excluding hydrogens is 264 g/mol. The van der Waals surface area contributed by atoms with Crippen molar-refractivity contribution in [2.45, 2.75) is 76.4 Å². The Labute approximate surface area is 129 Å². The van der Waals surface area contributed by atoms with Crippen LogP contribution >= 0.6 is 0 Å².